The molecule has 0 aliphatic heterocycles. The van der Waals surface area contributed by atoms with Crippen molar-refractivity contribution < 1.29 is 34.2 Å². The summed E-state index contributed by atoms with van der Waals surface area (Å²) in [6, 6.07) is -4.52. The summed E-state index contributed by atoms with van der Waals surface area (Å²) < 4.78 is 0. The van der Waals surface area contributed by atoms with Crippen LogP contribution in [0.15, 0.2) is 4.99 Å². The molecule has 0 spiro atoms. The van der Waals surface area contributed by atoms with E-state index in [1.165, 1.54) is 0 Å². The minimum Gasteiger partial charge on any atom is -0.481 e. The first-order chi connectivity index (χ1) is 17.1. The first-order valence-corrected chi connectivity index (χ1v) is 12.3. The van der Waals surface area contributed by atoms with E-state index in [9.17, 15) is 29.1 Å². The average molecular weight is 530 g/mol. The fourth-order valence-corrected chi connectivity index (χ4v) is 3.44. The van der Waals surface area contributed by atoms with Crippen LogP contribution in [0.25, 0.3) is 0 Å². The van der Waals surface area contributed by atoms with Crippen molar-refractivity contribution in [1.82, 2.24) is 16.0 Å². The van der Waals surface area contributed by atoms with Crippen molar-refractivity contribution in [1.29, 1.82) is 0 Å². The van der Waals surface area contributed by atoms with Crippen molar-refractivity contribution in [3.8, 4) is 0 Å². The largest absolute Gasteiger partial charge is 0.481 e. The quantitative estimate of drug-likeness (QED) is 0.0601. The van der Waals surface area contributed by atoms with E-state index >= 15 is 0 Å². The maximum Gasteiger partial charge on any atom is 0.326 e. The van der Waals surface area contributed by atoms with Crippen molar-refractivity contribution in [3.05, 3.63) is 0 Å². The second-order valence-electron chi connectivity index (χ2n) is 9.77. The number of aliphatic carboxylic acids is 2. The van der Waals surface area contributed by atoms with Crippen LogP contribution < -0.4 is 33.2 Å². The Morgan fingerprint density at radius 3 is 1.76 bits per heavy atom. The molecule has 0 heterocycles. The van der Waals surface area contributed by atoms with Gasteiger partial charge in [-0.2, -0.15) is 0 Å². The molecule has 0 fully saturated rings. The zero-order valence-corrected chi connectivity index (χ0v) is 22.0. The van der Waals surface area contributed by atoms with Crippen molar-refractivity contribution in [3.63, 3.8) is 0 Å². The van der Waals surface area contributed by atoms with Gasteiger partial charge in [-0.15, -0.1) is 0 Å². The standard InChI is InChI=1S/C23H43N7O7/c1-12(2)10-14(24)19(33)30-17(11-13(3)4)21(35)28-15(7-8-18(31)32)20(34)29-16(22(36)37)6-5-9-27-23(25)26/h12-17H,5-11,24H2,1-4H3,(H,28,35)(H,29,34)(H,30,33)(H,31,32)(H,36,37)(H4,25,26,27). The van der Waals surface area contributed by atoms with Crippen molar-refractivity contribution >= 4 is 35.6 Å². The third kappa shape index (κ3) is 15.3. The zero-order chi connectivity index (χ0) is 28.7. The van der Waals surface area contributed by atoms with Crippen LogP contribution >= 0.6 is 0 Å². The minimum atomic E-state index is -1.35. The molecule has 0 aliphatic carbocycles. The van der Waals surface area contributed by atoms with E-state index in [-0.39, 0.29) is 50.0 Å². The van der Waals surface area contributed by atoms with Crippen molar-refractivity contribution in [2.75, 3.05) is 6.54 Å². The second kappa shape index (κ2) is 17.1. The van der Waals surface area contributed by atoms with Gasteiger partial charge in [0.15, 0.2) is 5.96 Å². The molecule has 0 rings (SSSR count). The monoisotopic (exact) mass is 529 g/mol. The highest BCUT2D eigenvalue weighted by Gasteiger charge is 2.31. The van der Waals surface area contributed by atoms with Gasteiger partial charge in [0.2, 0.25) is 17.7 Å². The number of hydrogen-bond acceptors (Lipinski definition) is 7. The van der Waals surface area contributed by atoms with E-state index in [0.717, 1.165) is 0 Å². The summed E-state index contributed by atoms with van der Waals surface area (Å²) >= 11 is 0. The second-order valence-corrected chi connectivity index (χ2v) is 9.77. The molecular weight excluding hydrogens is 486 g/mol. The topological polar surface area (TPSA) is 252 Å². The molecule has 11 N–H and O–H groups in total. The SMILES string of the molecule is CC(C)CC(N)C(=O)NC(CC(C)C)C(=O)NC(CCC(=O)O)C(=O)NC(CCCN=C(N)N)C(=O)O. The molecule has 0 bridgehead atoms. The first kappa shape index (κ1) is 33.6. The highest BCUT2D eigenvalue weighted by molar-refractivity contribution is 5.94. The summed E-state index contributed by atoms with van der Waals surface area (Å²) in [5, 5.41) is 26.0. The smallest absolute Gasteiger partial charge is 0.326 e. The number of carbonyl (C=O) groups excluding carboxylic acids is 3. The van der Waals surface area contributed by atoms with Gasteiger partial charge < -0.3 is 43.4 Å². The number of carboxylic acid groups (broad SMARTS) is 2. The highest BCUT2D eigenvalue weighted by atomic mass is 16.4. The highest BCUT2D eigenvalue weighted by Crippen LogP contribution is 2.09. The summed E-state index contributed by atoms with van der Waals surface area (Å²) in [5.41, 5.74) is 16.4. The lowest BCUT2D eigenvalue weighted by Crippen LogP contribution is -2.57. The Kier molecular flexibility index (Phi) is 15.5. The molecule has 0 aromatic carbocycles. The van der Waals surface area contributed by atoms with Crippen LogP contribution in [0.2, 0.25) is 0 Å². The summed E-state index contributed by atoms with van der Waals surface area (Å²) in [7, 11) is 0. The zero-order valence-electron chi connectivity index (χ0n) is 22.0. The molecule has 14 heteroatoms. The van der Waals surface area contributed by atoms with E-state index in [1.54, 1.807) is 0 Å². The van der Waals surface area contributed by atoms with Gasteiger partial charge in [0.25, 0.3) is 0 Å². The molecule has 0 radical (unpaired) electrons. The van der Waals surface area contributed by atoms with E-state index in [1.807, 2.05) is 27.7 Å². The van der Waals surface area contributed by atoms with Gasteiger partial charge in [0.05, 0.1) is 6.04 Å². The van der Waals surface area contributed by atoms with E-state index in [0.29, 0.717) is 6.42 Å². The van der Waals surface area contributed by atoms with Crippen LogP contribution in [0.3, 0.4) is 0 Å². The lowest BCUT2D eigenvalue weighted by atomic mass is 10.00. The summed E-state index contributed by atoms with van der Waals surface area (Å²) in [6.45, 7) is 7.64. The van der Waals surface area contributed by atoms with Crippen LogP contribution in [-0.4, -0.2) is 76.5 Å². The number of nitrogens with one attached hydrogen (secondary N) is 3. The van der Waals surface area contributed by atoms with Crippen LogP contribution in [0.5, 0.6) is 0 Å². The number of carboxylic acids is 2. The maximum absolute atomic E-state index is 13.1. The molecule has 4 atom stereocenters. The number of aliphatic imine (C=N–C) groups is 1. The van der Waals surface area contributed by atoms with E-state index < -0.39 is 60.2 Å². The fraction of sp³-hybridized carbons (Fsp3) is 0.739. The van der Waals surface area contributed by atoms with Crippen LogP contribution in [0.4, 0.5) is 0 Å². The molecule has 3 amide bonds. The molecular formula is C23H43N7O7. The maximum atomic E-state index is 13.1. The van der Waals surface area contributed by atoms with Gasteiger partial charge in [-0.1, -0.05) is 27.7 Å². The molecule has 4 unspecified atom stereocenters. The minimum absolute atomic E-state index is 0.00276. The number of hydrogen-bond donors (Lipinski definition) is 8. The molecule has 37 heavy (non-hydrogen) atoms. The number of guanidine groups is 1. The predicted octanol–water partition coefficient (Wildman–Crippen LogP) is -1.14. The molecule has 212 valence electrons. The Morgan fingerprint density at radius 2 is 1.27 bits per heavy atom. The average Bonchev–Trinajstić information content (AvgIpc) is 2.76. The molecule has 14 nitrogen and oxygen atoms in total. The third-order valence-corrected chi connectivity index (χ3v) is 5.24. The Balaban J connectivity index is 5.55. The molecule has 0 saturated carbocycles. The third-order valence-electron chi connectivity index (χ3n) is 5.24. The molecule has 0 aromatic heterocycles. The van der Waals surface area contributed by atoms with E-state index in [4.69, 9.17) is 22.3 Å². The number of carbonyl (C=O) groups is 5. The van der Waals surface area contributed by atoms with E-state index in [2.05, 4.69) is 20.9 Å². The predicted molar refractivity (Wildman–Crippen MR) is 137 cm³/mol. The number of rotatable bonds is 18. The van der Waals surface area contributed by atoms with Crippen LogP contribution in [0, 0.1) is 11.8 Å². The number of amides is 3. The Hall–Kier alpha value is -3.42. The lowest BCUT2D eigenvalue weighted by molar-refractivity contribution is -0.143. The molecule has 0 saturated heterocycles. The van der Waals surface area contributed by atoms with Gasteiger partial charge >= 0.3 is 11.9 Å². The normalized spacial score (nSPS) is 14.2. The van der Waals surface area contributed by atoms with Gasteiger partial charge in [-0.25, -0.2) is 4.79 Å². The number of nitrogens with zero attached hydrogens (tertiary/aromatic N) is 1. The molecule has 0 aliphatic rings. The summed E-state index contributed by atoms with van der Waals surface area (Å²) in [4.78, 5) is 65.0. The van der Waals surface area contributed by atoms with Gasteiger partial charge in [0.1, 0.15) is 18.1 Å². The van der Waals surface area contributed by atoms with Crippen LogP contribution in [0.1, 0.15) is 66.2 Å². The summed E-state index contributed by atoms with van der Waals surface area (Å²) in [5.74, 6) is -4.61. The Morgan fingerprint density at radius 1 is 0.757 bits per heavy atom. The van der Waals surface area contributed by atoms with Gasteiger partial charge in [-0.05, 0) is 43.9 Å². The number of nitrogens with two attached hydrogens (primary N) is 3. The lowest BCUT2D eigenvalue weighted by Gasteiger charge is -2.26. The fourth-order valence-electron chi connectivity index (χ4n) is 3.44. The van der Waals surface area contributed by atoms with Gasteiger partial charge in [0, 0.05) is 13.0 Å². The van der Waals surface area contributed by atoms with Crippen LogP contribution in [-0.2, 0) is 24.0 Å². The van der Waals surface area contributed by atoms with Gasteiger partial charge in [-0.3, -0.25) is 24.2 Å². The summed E-state index contributed by atoms with van der Waals surface area (Å²) in [6.07, 6.45) is 0.147. The first-order valence-electron chi connectivity index (χ1n) is 12.3. The van der Waals surface area contributed by atoms with Crippen molar-refractivity contribution in [2.24, 2.45) is 34.0 Å². The Bertz CT molecular complexity index is 813. The van der Waals surface area contributed by atoms with Crippen molar-refractivity contribution in [2.45, 2.75) is 90.4 Å². The molecule has 0 aromatic rings. The Labute approximate surface area is 217 Å².